The summed E-state index contributed by atoms with van der Waals surface area (Å²) in [5.74, 6) is -0.802. The zero-order valence-electron chi connectivity index (χ0n) is 10.0. The number of hydrogen-bond donors (Lipinski definition) is 1. The number of benzene rings is 2. The highest BCUT2D eigenvalue weighted by atomic mass is 127. The molecule has 0 aromatic heterocycles. The van der Waals surface area contributed by atoms with Gasteiger partial charge in [0.05, 0.1) is 11.3 Å². The number of hydrogen-bond acceptors (Lipinski definition) is 1. The van der Waals surface area contributed by atoms with Gasteiger partial charge in [0.25, 0.3) is 5.91 Å². The van der Waals surface area contributed by atoms with Crippen LogP contribution in [0.15, 0.2) is 36.4 Å². The van der Waals surface area contributed by atoms with Crippen LogP contribution in [-0.2, 0) is 0 Å². The smallest absolute Gasteiger partial charge is 0.256 e. The Labute approximate surface area is 129 Å². The summed E-state index contributed by atoms with van der Waals surface area (Å²) in [7, 11) is 0. The van der Waals surface area contributed by atoms with Crippen LogP contribution < -0.4 is 5.32 Å². The third-order valence-electron chi connectivity index (χ3n) is 2.61. The molecule has 0 unspecified atom stereocenters. The third-order valence-corrected chi connectivity index (χ3v) is 3.79. The van der Waals surface area contributed by atoms with E-state index in [2.05, 4.69) is 5.32 Å². The predicted molar refractivity (Wildman–Crippen MR) is 83.3 cm³/mol. The summed E-state index contributed by atoms with van der Waals surface area (Å²) in [6.45, 7) is 1.65. The van der Waals surface area contributed by atoms with Gasteiger partial charge in [0, 0.05) is 8.59 Å². The van der Waals surface area contributed by atoms with Gasteiger partial charge in [0.1, 0.15) is 5.82 Å². The van der Waals surface area contributed by atoms with Crippen LogP contribution >= 0.6 is 34.2 Å². The second kappa shape index (κ2) is 5.88. The van der Waals surface area contributed by atoms with Crippen LogP contribution in [0.2, 0.25) is 5.02 Å². The lowest BCUT2D eigenvalue weighted by Crippen LogP contribution is -2.14. The summed E-state index contributed by atoms with van der Waals surface area (Å²) < 4.78 is 14.6. The molecular weight excluding hydrogens is 380 g/mol. The lowest BCUT2D eigenvalue weighted by molar-refractivity contribution is 0.102. The number of rotatable bonds is 2. The van der Waals surface area contributed by atoms with E-state index >= 15 is 0 Å². The molecule has 0 fully saturated rings. The number of amides is 1. The lowest BCUT2D eigenvalue weighted by Gasteiger charge is -2.09. The molecule has 2 nitrogen and oxygen atoms in total. The standard InChI is InChI=1S/C14H10ClFINO/c1-8-3-2-4-12(13(8)16)18-14(19)10-7-9(15)5-6-11(10)17/h2-7H,1H3,(H,18,19). The van der Waals surface area contributed by atoms with Gasteiger partial charge in [-0.15, -0.1) is 0 Å². The largest absolute Gasteiger partial charge is 0.319 e. The van der Waals surface area contributed by atoms with Crippen molar-refractivity contribution in [3.8, 4) is 0 Å². The van der Waals surface area contributed by atoms with Crippen LogP contribution in [0.25, 0.3) is 0 Å². The Morgan fingerprint density at radius 1 is 1.32 bits per heavy atom. The van der Waals surface area contributed by atoms with E-state index in [-0.39, 0.29) is 11.6 Å². The molecule has 2 rings (SSSR count). The normalized spacial score (nSPS) is 10.3. The molecule has 0 bridgehead atoms. The SMILES string of the molecule is Cc1cccc(NC(=O)c2cc(Cl)ccc2I)c1F. The van der Waals surface area contributed by atoms with Crippen molar-refractivity contribution < 1.29 is 9.18 Å². The predicted octanol–water partition coefficient (Wildman–Crippen LogP) is 4.64. The van der Waals surface area contributed by atoms with E-state index in [4.69, 9.17) is 11.6 Å². The van der Waals surface area contributed by atoms with Crippen LogP contribution in [0.1, 0.15) is 15.9 Å². The summed E-state index contributed by atoms with van der Waals surface area (Å²) in [6, 6.07) is 9.87. The van der Waals surface area contributed by atoms with Crippen molar-refractivity contribution >= 4 is 45.8 Å². The van der Waals surface area contributed by atoms with Gasteiger partial charge < -0.3 is 5.32 Å². The Morgan fingerprint density at radius 2 is 2.05 bits per heavy atom. The molecule has 0 saturated heterocycles. The molecule has 0 saturated carbocycles. The zero-order valence-corrected chi connectivity index (χ0v) is 12.9. The van der Waals surface area contributed by atoms with Crippen LogP contribution in [0.5, 0.6) is 0 Å². The molecule has 2 aromatic carbocycles. The first-order valence-electron chi connectivity index (χ1n) is 5.50. The molecule has 0 atom stereocenters. The molecule has 98 valence electrons. The monoisotopic (exact) mass is 389 g/mol. The number of halogens is 3. The van der Waals surface area contributed by atoms with Crippen molar-refractivity contribution in [1.82, 2.24) is 0 Å². The van der Waals surface area contributed by atoms with E-state index in [1.807, 2.05) is 22.6 Å². The third kappa shape index (κ3) is 3.25. The van der Waals surface area contributed by atoms with Crippen LogP contribution in [-0.4, -0.2) is 5.91 Å². The Hall–Kier alpha value is -1.14. The highest BCUT2D eigenvalue weighted by molar-refractivity contribution is 14.1. The van der Waals surface area contributed by atoms with Gasteiger partial charge in [-0.25, -0.2) is 4.39 Å². The van der Waals surface area contributed by atoms with Gasteiger partial charge in [-0.2, -0.15) is 0 Å². The fourth-order valence-corrected chi connectivity index (χ4v) is 2.36. The highest BCUT2D eigenvalue weighted by Crippen LogP contribution is 2.21. The Kier molecular flexibility index (Phi) is 4.42. The molecular formula is C14H10ClFINO. The Bertz CT molecular complexity index is 645. The van der Waals surface area contributed by atoms with Crippen LogP contribution in [0, 0.1) is 16.3 Å². The van der Waals surface area contributed by atoms with Gasteiger partial charge in [0.15, 0.2) is 0 Å². The average molecular weight is 390 g/mol. The molecule has 0 aliphatic heterocycles. The minimum absolute atomic E-state index is 0.167. The van der Waals surface area contributed by atoms with Crippen molar-refractivity contribution in [2.75, 3.05) is 5.32 Å². The van der Waals surface area contributed by atoms with E-state index in [1.54, 1.807) is 37.3 Å². The van der Waals surface area contributed by atoms with E-state index < -0.39 is 5.82 Å². The first-order valence-corrected chi connectivity index (χ1v) is 6.96. The first-order chi connectivity index (χ1) is 8.99. The molecule has 0 heterocycles. The van der Waals surface area contributed by atoms with Crippen molar-refractivity contribution in [2.24, 2.45) is 0 Å². The average Bonchev–Trinajstić information content (AvgIpc) is 2.38. The summed E-state index contributed by atoms with van der Waals surface area (Å²) in [6.07, 6.45) is 0. The first kappa shape index (κ1) is 14.3. The molecule has 0 aliphatic rings. The molecule has 0 radical (unpaired) electrons. The molecule has 19 heavy (non-hydrogen) atoms. The Balaban J connectivity index is 2.31. The van der Waals surface area contributed by atoms with Gasteiger partial charge in [-0.3, -0.25) is 4.79 Å². The number of nitrogens with one attached hydrogen (secondary N) is 1. The number of anilines is 1. The number of aryl methyl sites for hydroxylation is 1. The molecule has 0 aliphatic carbocycles. The molecule has 5 heteroatoms. The van der Waals surface area contributed by atoms with Crippen molar-refractivity contribution in [1.29, 1.82) is 0 Å². The van der Waals surface area contributed by atoms with Gasteiger partial charge in [-0.1, -0.05) is 23.7 Å². The maximum Gasteiger partial charge on any atom is 0.256 e. The molecule has 2 aromatic rings. The van der Waals surface area contributed by atoms with Gasteiger partial charge in [0.2, 0.25) is 0 Å². The lowest BCUT2D eigenvalue weighted by atomic mass is 10.2. The Morgan fingerprint density at radius 3 is 2.79 bits per heavy atom. The van der Waals surface area contributed by atoms with Crippen molar-refractivity contribution in [3.05, 3.63) is 61.9 Å². The molecule has 0 spiro atoms. The molecule has 1 N–H and O–H groups in total. The minimum Gasteiger partial charge on any atom is -0.319 e. The summed E-state index contributed by atoms with van der Waals surface area (Å²) in [5, 5.41) is 3.03. The topological polar surface area (TPSA) is 29.1 Å². The summed E-state index contributed by atoms with van der Waals surface area (Å²) in [5.41, 5.74) is 1.08. The second-order valence-corrected chi connectivity index (χ2v) is 5.61. The second-order valence-electron chi connectivity index (χ2n) is 4.01. The van der Waals surface area contributed by atoms with E-state index in [1.165, 1.54) is 6.07 Å². The van der Waals surface area contributed by atoms with E-state index in [0.29, 0.717) is 16.1 Å². The fourth-order valence-electron chi connectivity index (χ4n) is 1.61. The van der Waals surface area contributed by atoms with E-state index in [9.17, 15) is 9.18 Å². The van der Waals surface area contributed by atoms with Crippen molar-refractivity contribution in [3.63, 3.8) is 0 Å². The zero-order chi connectivity index (χ0) is 14.0. The maximum absolute atomic E-state index is 13.8. The van der Waals surface area contributed by atoms with E-state index in [0.717, 1.165) is 3.57 Å². The summed E-state index contributed by atoms with van der Waals surface area (Å²) in [4.78, 5) is 12.1. The van der Waals surface area contributed by atoms with Gasteiger partial charge >= 0.3 is 0 Å². The van der Waals surface area contributed by atoms with Crippen molar-refractivity contribution in [2.45, 2.75) is 6.92 Å². The number of carbonyl (C=O) groups excluding carboxylic acids is 1. The number of carbonyl (C=O) groups is 1. The molecule has 1 amide bonds. The minimum atomic E-state index is -0.423. The highest BCUT2D eigenvalue weighted by Gasteiger charge is 2.13. The fraction of sp³-hybridized carbons (Fsp3) is 0.0714. The van der Waals surface area contributed by atoms with Gasteiger partial charge in [-0.05, 0) is 59.3 Å². The van der Waals surface area contributed by atoms with Crippen LogP contribution in [0.4, 0.5) is 10.1 Å². The quantitative estimate of drug-likeness (QED) is 0.745. The summed E-state index contributed by atoms with van der Waals surface area (Å²) >= 11 is 7.90. The van der Waals surface area contributed by atoms with Crippen LogP contribution in [0.3, 0.4) is 0 Å². The maximum atomic E-state index is 13.8.